The molecule has 24 heavy (non-hydrogen) atoms. The van der Waals surface area contributed by atoms with E-state index in [4.69, 9.17) is 0 Å². The number of hydrogen-bond donors (Lipinski definition) is 1. The lowest BCUT2D eigenvalue weighted by molar-refractivity contribution is 0.102. The second-order valence-corrected chi connectivity index (χ2v) is 5.51. The van der Waals surface area contributed by atoms with Gasteiger partial charge in [-0.15, -0.1) is 0 Å². The Morgan fingerprint density at radius 2 is 1.88 bits per heavy atom. The molecule has 0 spiro atoms. The number of amides is 1. The molecule has 2 heterocycles. The highest BCUT2D eigenvalue weighted by Crippen LogP contribution is 2.18. The van der Waals surface area contributed by atoms with E-state index >= 15 is 0 Å². The first-order valence-corrected chi connectivity index (χ1v) is 7.53. The summed E-state index contributed by atoms with van der Waals surface area (Å²) in [6.45, 7) is 0. The van der Waals surface area contributed by atoms with Gasteiger partial charge in [-0.3, -0.25) is 14.0 Å². The van der Waals surface area contributed by atoms with Crippen LogP contribution in [-0.2, 0) is 7.05 Å². The molecule has 4 aromatic rings. The van der Waals surface area contributed by atoms with E-state index < -0.39 is 0 Å². The average molecular weight is 317 g/mol. The first-order chi connectivity index (χ1) is 11.7. The van der Waals surface area contributed by atoms with Gasteiger partial charge in [-0.1, -0.05) is 12.1 Å². The third-order valence-electron chi connectivity index (χ3n) is 3.82. The molecule has 6 nitrogen and oxygen atoms in total. The highest BCUT2D eigenvalue weighted by molar-refractivity contribution is 6.04. The quantitative estimate of drug-likeness (QED) is 0.632. The number of benzene rings is 2. The van der Waals surface area contributed by atoms with Crippen molar-refractivity contribution < 1.29 is 4.79 Å². The Kier molecular flexibility index (Phi) is 3.35. The molecule has 0 fully saturated rings. The lowest BCUT2D eigenvalue weighted by atomic mass is 10.2. The van der Waals surface area contributed by atoms with Gasteiger partial charge in [0.2, 0.25) is 0 Å². The van der Waals surface area contributed by atoms with Crippen LogP contribution in [0.2, 0.25) is 0 Å². The van der Waals surface area contributed by atoms with Crippen LogP contribution in [0.4, 0.5) is 5.69 Å². The van der Waals surface area contributed by atoms with Crippen LogP contribution in [0.3, 0.4) is 0 Å². The van der Waals surface area contributed by atoms with E-state index in [1.54, 1.807) is 42.6 Å². The molecule has 2 aromatic carbocycles. The monoisotopic (exact) mass is 317 g/mol. The van der Waals surface area contributed by atoms with Gasteiger partial charge in [0.1, 0.15) is 6.33 Å². The van der Waals surface area contributed by atoms with Gasteiger partial charge in [0, 0.05) is 24.5 Å². The smallest absolute Gasteiger partial charge is 0.255 e. The molecule has 1 N–H and O–H groups in total. The SMILES string of the molecule is Cn1cc(NC(=O)c2ccc(-n3cnc4ccccc43)cc2)cn1. The summed E-state index contributed by atoms with van der Waals surface area (Å²) >= 11 is 0. The van der Waals surface area contributed by atoms with E-state index in [0.29, 0.717) is 11.3 Å². The minimum atomic E-state index is -0.162. The molecule has 0 radical (unpaired) electrons. The van der Waals surface area contributed by atoms with Gasteiger partial charge in [0.05, 0.1) is 22.9 Å². The summed E-state index contributed by atoms with van der Waals surface area (Å²) < 4.78 is 3.64. The number of nitrogens with zero attached hydrogens (tertiary/aromatic N) is 4. The molecule has 2 aromatic heterocycles. The first kappa shape index (κ1) is 14.2. The van der Waals surface area contributed by atoms with Crippen LogP contribution in [-0.4, -0.2) is 25.2 Å². The molecule has 6 heteroatoms. The normalized spacial score (nSPS) is 10.9. The van der Waals surface area contributed by atoms with Gasteiger partial charge in [-0.25, -0.2) is 4.98 Å². The maximum absolute atomic E-state index is 12.3. The lowest BCUT2D eigenvalue weighted by Crippen LogP contribution is -2.11. The maximum Gasteiger partial charge on any atom is 0.255 e. The van der Waals surface area contributed by atoms with Gasteiger partial charge in [0.25, 0.3) is 5.91 Å². The van der Waals surface area contributed by atoms with Gasteiger partial charge in [0.15, 0.2) is 0 Å². The molecule has 4 rings (SSSR count). The fourth-order valence-electron chi connectivity index (χ4n) is 2.63. The summed E-state index contributed by atoms with van der Waals surface area (Å²) in [6, 6.07) is 15.4. The molecule has 0 bridgehead atoms. The van der Waals surface area contributed by atoms with Crippen molar-refractivity contribution in [2.45, 2.75) is 0 Å². The molecule has 0 aliphatic rings. The summed E-state index contributed by atoms with van der Waals surface area (Å²) in [4.78, 5) is 16.7. The summed E-state index contributed by atoms with van der Waals surface area (Å²) in [6.07, 6.45) is 5.16. The van der Waals surface area contributed by atoms with E-state index in [0.717, 1.165) is 16.7 Å². The van der Waals surface area contributed by atoms with Crippen LogP contribution in [0.1, 0.15) is 10.4 Å². The third-order valence-corrected chi connectivity index (χ3v) is 3.82. The Morgan fingerprint density at radius 1 is 1.08 bits per heavy atom. The van der Waals surface area contributed by atoms with Gasteiger partial charge in [-0.2, -0.15) is 5.10 Å². The minimum Gasteiger partial charge on any atom is -0.319 e. The van der Waals surface area contributed by atoms with Crippen molar-refractivity contribution in [3.63, 3.8) is 0 Å². The molecule has 0 aliphatic heterocycles. The Labute approximate surface area is 138 Å². The van der Waals surface area contributed by atoms with Crippen molar-refractivity contribution in [1.82, 2.24) is 19.3 Å². The average Bonchev–Trinajstić information content (AvgIpc) is 3.21. The zero-order valence-electron chi connectivity index (χ0n) is 13.0. The maximum atomic E-state index is 12.3. The number of anilines is 1. The Morgan fingerprint density at radius 3 is 2.62 bits per heavy atom. The Bertz CT molecular complexity index is 1010. The molecule has 0 atom stereocenters. The van der Waals surface area contributed by atoms with E-state index in [9.17, 15) is 4.79 Å². The van der Waals surface area contributed by atoms with Crippen LogP contribution >= 0.6 is 0 Å². The topological polar surface area (TPSA) is 64.7 Å². The number of aryl methyl sites for hydroxylation is 1. The zero-order chi connectivity index (χ0) is 16.5. The second kappa shape index (κ2) is 5.66. The molecular formula is C18H15N5O. The zero-order valence-corrected chi connectivity index (χ0v) is 13.0. The lowest BCUT2D eigenvalue weighted by Gasteiger charge is -2.06. The Balaban J connectivity index is 1.59. The highest BCUT2D eigenvalue weighted by Gasteiger charge is 2.09. The van der Waals surface area contributed by atoms with Crippen LogP contribution in [0.25, 0.3) is 16.7 Å². The molecule has 0 saturated carbocycles. The van der Waals surface area contributed by atoms with Crippen LogP contribution in [0, 0.1) is 0 Å². The number of para-hydroxylation sites is 2. The van der Waals surface area contributed by atoms with Crippen molar-refractivity contribution in [3.8, 4) is 5.69 Å². The molecule has 0 unspecified atom stereocenters. The predicted octanol–water partition coefficient (Wildman–Crippen LogP) is 3.01. The van der Waals surface area contributed by atoms with Crippen molar-refractivity contribution in [2.24, 2.45) is 7.05 Å². The predicted molar refractivity (Wildman–Crippen MR) is 92.2 cm³/mol. The molecule has 118 valence electrons. The number of aromatic nitrogens is 4. The van der Waals surface area contributed by atoms with Gasteiger partial charge < -0.3 is 5.32 Å². The van der Waals surface area contributed by atoms with E-state index in [1.165, 1.54) is 0 Å². The molecular weight excluding hydrogens is 302 g/mol. The largest absolute Gasteiger partial charge is 0.319 e. The van der Waals surface area contributed by atoms with Gasteiger partial charge in [-0.05, 0) is 36.4 Å². The summed E-state index contributed by atoms with van der Waals surface area (Å²) in [7, 11) is 1.81. The van der Waals surface area contributed by atoms with E-state index in [2.05, 4.69) is 15.4 Å². The van der Waals surface area contributed by atoms with Crippen LogP contribution < -0.4 is 5.32 Å². The van der Waals surface area contributed by atoms with E-state index in [-0.39, 0.29) is 5.91 Å². The number of fused-ring (bicyclic) bond motifs is 1. The van der Waals surface area contributed by atoms with Crippen molar-refractivity contribution in [2.75, 3.05) is 5.32 Å². The standard InChI is InChI=1S/C18H15N5O/c1-22-11-14(10-20-22)21-18(24)13-6-8-15(9-7-13)23-12-19-16-4-2-3-5-17(16)23/h2-12H,1H3,(H,21,24). The molecule has 1 amide bonds. The first-order valence-electron chi connectivity index (χ1n) is 7.53. The highest BCUT2D eigenvalue weighted by atomic mass is 16.1. The summed E-state index contributed by atoms with van der Waals surface area (Å²) in [5.41, 5.74) is 4.20. The molecule has 0 aliphatic carbocycles. The fraction of sp³-hybridized carbons (Fsp3) is 0.0556. The fourth-order valence-corrected chi connectivity index (χ4v) is 2.63. The summed E-state index contributed by atoms with van der Waals surface area (Å²) in [5.74, 6) is -0.162. The summed E-state index contributed by atoms with van der Waals surface area (Å²) in [5, 5.41) is 6.85. The van der Waals surface area contributed by atoms with Crippen molar-refractivity contribution >= 4 is 22.6 Å². The number of carbonyl (C=O) groups excluding carboxylic acids is 1. The minimum absolute atomic E-state index is 0.162. The van der Waals surface area contributed by atoms with Gasteiger partial charge >= 0.3 is 0 Å². The number of hydrogen-bond acceptors (Lipinski definition) is 3. The van der Waals surface area contributed by atoms with E-state index in [1.807, 2.05) is 41.0 Å². The van der Waals surface area contributed by atoms with Crippen LogP contribution in [0.15, 0.2) is 67.3 Å². The number of nitrogens with one attached hydrogen (secondary N) is 1. The Hall–Kier alpha value is -3.41. The molecule has 0 saturated heterocycles. The van der Waals surface area contributed by atoms with Crippen molar-refractivity contribution in [1.29, 1.82) is 0 Å². The number of rotatable bonds is 3. The third kappa shape index (κ3) is 2.54. The van der Waals surface area contributed by atoms with Crippen LogP contribution in [0.5, 0.6) is 0 Å². The number of carbonyl (C=O) groups is 1. The van der Waals surface area contributed by atoms with Crippen molar-refractivity contribution in [3.05, 3.63) is 72.8 Å². The number of imidazole rings is 1. The second-order valence-electron chi connectivity index (χ2n) is 5.51.